The van der Waals surface area contributed by atoms with E-state index in [2.05, 4.69) is 4.99 Å². The van der Waals surface area contributed by atoms with Crippen LogP contribution in [-0.4, -0.2) is 25.6 Å². The minimum atomic E-state index is -3.11. The van der Waals surface area contributed by atoms with Gasteiger partial charge in [-0.25, -0.2) is 0 Å². The van der Waals surface area contributed by atoms with Crippen molar-refractivity contribution < 1.29 is 13.6 Å². The lowest BCUT2D eigenvalue weighted by Gasteiger charge is -2.21. The molecule has 1 rings (SSSR count). The van der Waals surface area contributed by atoms with Crippen molar-refractivity contribution in [1.29, 1.82) is 0 Å². The molecule has 1 aromatic rings. The van der Waals surface area contributed by atoms with Gasteiger partial charge in [0.15, 0.2) is 0 Å². The lowest BCUT2D eigenvalue weighted by molar-refractivity contribution is 0.273. The fourth-order valence-corrected chi connectivity index (χ4v) is 3.14. The van der Waals surface area contributed by atoms with Gasteiger partial charge in [0.2, 0.25) is 0 Å². The third-order valence-electron chi connectivity index (χ3n) is 3.27. The number of aliphatic imine (C=N–C) groups is 1. The van der Waals surface area contributed by atoms with Crippen LogP contribution in [0, 0.1) is 0 Å². The van der Waals surface area contributed by atoms with E-state index in [1.165, 1.54) is 14.2 Å². The highest BCUT2D eigenvalue weighted by molar-refractivity contribution is 7.55. The zero-order chi connectivity index (χ0) is 14.5. The SMILES string of the molecule is COP(=O)(OC)C(C)C(C)=N[C@@H](C)c1ccccc1. The molecule has 0 aliphatic heterocycles. The van der Waals surface area contributed by atoms with Crippen LogP contribution in [0.3, 0.4) is 0 Å². The predicted octanol–water partition coefficient (Wildman–Crippen LogP) is 4.08. The normalized spacial score (nSPS) is 16.2. The second-order valence-electron chi connectivity index (χ2n) is 4.44. The summed E-state index contributed by atoms with van der Waals surface area (Å²) in [7, 11) is -0.312. The standard InChI is InChI=1S/C14H22NO3P/c1-11(13(3)19(16,17-4)18-5)15-12(2)14-9-7-6-8-10-14/h6-10,12-13H,1-5H3/t12-,13?/m0/s1. The van der Waals surface area contributed by atoms with Crippen molar-refractivity contribution in [3.8, 4) is 0 Å². The fourth-order valence-electron chi connectivity index (χ4n) is 1.84. The molecule has 0 aromatic heterocycles. The van der Waals surface area contributed by atoms with E-state index in [0.717, 1.165) is 11.3 Å². The molecule has 0 aliphatic rings. The third kappa shape index (κ3) is 4.00. The monoisotopic (exact) mass is 283 g/mol. The Balaban J connectivity index is 2.90. The Labute approximate surface area is 115 Å². The molecule has 0 radical (unpaired) electrons. The number of hydrogen-bond acceptors (Lipinski definition) is 4. The smallest absolute Gasteiger partial charge is 0.311 e. The summed E-state index contributed by atoms with van der Waals surface area (Å²) in [6.45, 7) is 5.68. The highest BCUT2D eigenvalue weighted by Gasteiger charge is 2.32. The molecule has 19 heavy (non-hydrogen) atoms. The third-order valence-corrected chi connectivity index (χ3v) is 5.61. The molecule has 0 bridgehead atoms. The van der Waals surface area contributed by atoms with Gasteiger partial charge in [0, 0.05) is 19.9 Å². The van der Waals surface area contributed by atoms with Crippen molar-refractivity contribution in [1.82, 2.24) is 0 Å². The van der Waals surface area contributed by atoms with Crippen LogP contribution < -0.4 is 0 Å². The van der Waals surface area contributed by atoms with Crippen LogP contribution in [0.2, 0.25) is 0 Å². The second-order valence-corrected chi connectivity index (χ2v) is 7.02. The van der Waals surface area contributed by atoms with Crippen LogP contribution in [0.15, 0.2) is 35.3 Å². The van der Waals surface area contributed by atoms with Crippen molar-refractivity contribution >= 4 is 13.3 Å². The summed E-state index contributed by atoms with van der Waals surface area (Å²) in [6.07, 6.45) is 0. The van der Waals surface area contributed by atoms with E-state index in [-0.39, 0.29) is 11.7 Å². The first kappa shape index (κ1) is 16.1. The molecule has 0 heterocycles. The Morgan fingerprint density at radius 2 is 1.68 bits per heavy atom. The van der Waals surface area contributed by atoms with Crippen molar-refractivity contribution in [3.05, 3.63) is 35.9 Å². The molecule has 1 unspecified atom stereocenters. The van der Waals surface area contributed by atoms with Crippen molar-refractivity contribution in [2.24, 2.45) is 4.99 Å². The molecule has 5 heteroatoms. The van der Waals surface area contributed by atoms with E-state index in [4.69, 9.17) is 9.05 Å². The van der Waals surface area contributed by atoms with Gasteiger partial charge in [0.1, 0.15) is 0 Å². The van der Waals surface area contributed by atoms with E-state index < -0.39 is 7.60 Å². The molecule has 0 saturated heterocycles. The minimum Gasteiger partial charge on any atom is -0.311 e. The molecule has 106 valence electrons. The van der Waals surface area contributed by atoms with Gasteiger partial charge in [-0.15, -0.1) is 0 Å². The van der Waals surface area contributed by atoms with Crippen LogP contribution in [0.4, 0.5) is 0 Å². The first-order valence-corrected chi connectivity index (χ1v) is 7.86. The Morgan fingerprint density at radius 1 is 1.16 bits per heavy atom. The van der Waals surface area contributed by atoms with Gasteiger partial charge in [0.05, 0.1) is 11.7 Å². The molecular weight excluding hydrogens is 261 g/mol. The largest absolute Gasteiger partial charge is 0.338 e. The van der Waals surface area contributed by atoms with Crippen LogP contribution in [0.1, 0.15) is 32.4 Å². The molecule has 0 aliphatic carbocycles. The van der Waals surface area contributed by atoms with E-state index in [1.807, 2.05) is 51.1 Å². The van der Waals surface area contributed by atoms with E-state index in [0.29, 0.717) is 0 Å². The maximum absolute atomic E-state index is 12.3. The Morgan fingerprint density at radius 3 is 2.16 bits per heavy atom. The van der Waals surface area contributed by atoms with Gasteiger partial charge in [-0.1, -0.05) is 30.3 Å². The molecule has 2 atom stereocenters. The molecule has 4 nitrogen and oxygen atoms in total. The minimum absolute atomic E-state index is 0.0193. The van der Waals surface area contributed by atoms with Crippen molar-refractivity contribution in [2.45, 2.75) is 32.5 Å². The molecule has 0 N–H and O–H groups in total. The van der Waals surface area contributed by atoms with Gasteiger partial charge < -0.3 is 9.05 Å². The lowest BCUT2D eigenvalue weighted by Crippen LogP contribution is -2.17. The van der Waals surface area contributed by atoms with E-state index in [1.54, 1.807) is 0 Å². The number of benzene rings is 1. The predicted molar refractivity (Wildman–Crippen MR) is 79.1 cm³/mol. The van der Waals surface area contributed by atoms with Crippen LogP contribution in [-0.2, 0) is 13.6 Å². The Kier molecular flexibility index (Phi) is 5.92. The molecule has 0 fully saturated rings. The summed E-state index contributed by atoms with van der Waals surface area (Å²) in [4.78, 5) is 4.59. The quantitative estimate of drug-likeness (QED) is 0.583. The molecule has 0 spiro atoms. The van der Waals surface area contributed by atoms with Gasteiger partial charge in [-0.2, -0.15) is 0 Å². The topological polar surface area (TPSA) is 47.9 Å². The number of hydrogen-bond donors (Lipinski definition) is 0. The highest BCUT2D eigenvalue weighted by Crippen LogP contribution is 2.52. The molecular formula is C14H22NO3P. The summed E-state index contributed by atoms with van der Waals surface area (Å²) < 4.78 is 22.3. The highest BCUT2D eigenvalue weighted by atomic mass is 31.2. The first-order valence-electron chi connectivity index (χ1n) is 6.25. The zero-order valence-corrected chi connectivity index (χ0v) is 13.1. The van der Waals surface area contributed by atoms with Crippen LogP contribution in [0.25, 0.3) is 0 Å². The summed E-state index contributed by atoms with van der Waals surface area (Å²) in [5.74, 6) is 0. The average molecular weight is 283 g/mol. The molecule has 0 amide bonds. The van der Waals surface area contributed by atoms with Crippen molar-refractivity contribution in [3.63, 3.8) is 0 Å². The van der Waals surface area contributed by atoms with E-state index >= 15 is 0 Å². The number of nitrogens with zero attached hydrogens (tertiary/aromatic N) is 1. The zero-order valence-electron chi connectivity index (χ0n) is 12.2. The maximum Gasteiger partial charge on any atom is 0.338 e. The van der Waals surface area contributed by atoms with E-state index in [9.17, 15) is 4.57 Å². The Hall–Kier alpha value is -0.960. The van der Waals surface area contributed by atoms with Gasteiger partial charge in [-0.3, -0.25) is 9.56 Å². The molecule has 0 saturated carbocycles. The summed E-state index contributed by atoms with van der Waals surface area (Å²) in [6, 6.07) is 10.0. The first-order chi connectivity index (χ1) is 8.94. The average Bonchev–Trinajstić information content (AvgIpc) is 2.46. The fraction of sp³-hybridized carbons (Fsp3) is 0.500. The lowest BCUT2D eigenvalue weighted by atomic mass is 10.1. The maximum atomic E-state index is 12.3. The Bertz CT molecular complexity index is 465. The van der Waals surface area contributed by atoms with Crippen LogP contribution in [0.5, 0.6) is 0 Å². The second kappa shape index (κ2) is 6.99. The van der Waals surface area contributed by atoms with Crippen molar-refractivity contribution in [2.75, 3.05) is 14.2 Å². The summed E-state index contributed by atoms with van der Waals surface area (Å²) >= 11 is 0. The van der Waals surface area contributed by atoms with Gasteiger partial charge in [0.25, 0.3) is 0 Å². The summed E-state index contributed by atoms with van der Waals surface area (Å²) in [5.41, 5.74) is 1.54. The van der Waals surface area contributed by atoms with Gasteiger partial charge in [-0.05, 0) is 26.3 Å². The summed E-state index contributed by atoms with van der Waals surface area (Å²) in [5, 5.41) is 0. The molecule has 1 aromatic carbocycles. The van der Waals surface area contributed by atoms with Crippen LogP contribution >= 0.6 is 7.60 Å². The number of rotatable bonds is 6. The van der Waals surface area contributed by atoms with Gasteiger partial charge >= 0.3 is 7.60 Å².